The van der Waals surface area contributed by atoms with Crippen LogP contribution in [0.1, 0.15) is 36.6 Å². The lowest BCUT2D eigenvalue weighted by atomic mass is 10.0. The smallest absolute Gasteiger partial charge is 0.0296 e. The first-order valence-electron chi connectivity index (χ1n) is 7.12. The van der Waals surface area contributed by atoms with Crippen molar-refractivity contribution in [3.8, 4) is 0 Å². The van der Waals surface area contributed by atoms with Gasteiger partial charge in [-0.15, -0.1) is 0 Å². The van der Waals surface area contributed by atoms with Crippen LogP contribution in [0, 0.1) is 6.92 Å². The van der Waals surface area contributed by atoms with Gasteiger partial charge in [-0.2, -0.15) is 0 Å². The maximum absolute atomic E-state index is 3.69. The minimum absolute atomic E-state index is 0.377. The van der Waals surface area contributed by atoms with Gasteiger partial charge in [0.1, 0.15) is 0 Å². The molecule has 0 aliphatic rings. The molecule has 0 aliphatic carbocycles. The van der Waals surface area contributed by atoms with Gasteiger partial charge in [0.05, 0.1) is 0 Å². The number of hydrogen-bond acceptors (Lipinski definition) is 1. The molecule has 1 unspecified atom stereocenters. The maximum atomic E-state index is 3.69. The zero-order valence-electron chi connectivity index (χ0n) is 12.4. The van der Waals surface area contributed by atoms with Crippen molar-refractivity contribution in [2.24, 2.45) is 0 Å². The molecule has 20 heavy (non-hydrogen) atoms. The van der Waals surface area contributed by atoms with E-state index in [-0.39, 0.29) is 0 Å². The number of rotatable bonds is 5. The molecular weight excluding hydrogens is 310 g/mol. The van der Waals surface area contributed by atoms with E-state index in [2.05, 4.69) is 90.5 Å². The Morgan fingerprint density at radius 1 is 1.00 bits per heavy atom. The van der Waals surface area contributed by atoms with Crippen LogP contribution in [0.15, 0.2) is 53.0 Å². The van der Waals surface area contributed by atoms with E-state index in [1.54, 1.807) is 0 Å². The van der Waals surface area contributed by atoms with E-state index in [1.165, 1.54) is 16.7 Å². The first-order chi connectivity index (χ1) is 9.56. The van der Waals surface area contributed by atoms with Crippen molar-refractivity contribution in [3.05, 3.63) is 69.7 Å². The number of aryl methyl sites for hydroxylation is 1. The average Bonchev–Trinajstić information content (AvgIpc) is 2.41. The molecule has 0 saturated heterocycles. The van der Waals surface area contributed by atoms with Crippen molar-refractivity contribution < 1.29 is 0 Å². The van der Waals surface area contributed by atoms with Gasteiger partial charge in [0.15, 0.2) is 0 Å². The van der Waals surface area contributed by atoms with Gasteiger partial charge < -0.3 is 5.32 Å². The lowest BCUT2D eigenvalue weighted by molar-refractivity contribution is 0.476. The first-order valence-corrected chi connectivity index (χ1v) is 7.91. The van der Waals surface area contributed by atoms with E-state index in [4.69, 9.17) is 0 Å². The summed E-state index contributed by atoms with van der Waals surface area (Å²) in [4.78, 5) is 0. The van der Waals surface area contributed by atoms with Crippen molar-refractivity contribution in [1.29, 1.82) is 0 Å². The van der Waals surface area contributed by atoms with E-state index in [1.807, 2.05) is 0 Å². The Labute approximate surface area is 130 Å². The third-order valence-corrected chi connectivity index (χ3v) is 4.17. The Kier molecular flexibility index (Phi) is 5.38. The summed E-state index contributed by atoms with van der Waals surface area (Å²) in [6.45, 7) is 6.66. The SMILES string of the molecule is Cc1ccccc1[C@H](C)NC(C)Cc1ccc(Br)cc1. The molecule has 2 atom stereocenters. The molecule has 0 aromatic heterocycles. The quantitative estimate of drug-likeness (QED) is 0.809. The molecule has 2 rings (SSSR count). The Bertz CT molecular complexity index is 548. The molecule has 2 heteroatoms. The third-order valence-electron chi connectivity index (χ3n) is 3.64. The van der Waals surface area contributed by atoms with Crippen LogP contribution in [0.25, 0.3) is 0 Å². The molecule has 0 spiro atoms. The summed E-state index contributed by atoms with van der Waals surface area (Å²) >= 11 is 3.47. The lowest BCUT2D eigenvalue weighted by Crippen LogP contribution is -2.31. The second-order valence-electron chi connectivity index (χ2n) is 5.48. The Morgan fingerprint density at radius 2 is 1.65 bits per heavy atom. The summed E-state index contributed by atoms with van der Waals surface area (Å²) in [6.07, 6.45) is 1.05. The second-order valence-corrected chi connectivity index (χ2v) is 6.39. The molecule has 2 aromatic rings. The molecular formula is C18H22BrN. The van der Waals surface area contributed by atoms with Crippen molar-refractivity contribution in [2.45, 2.75) is 39.3 Å². The van der Waals surface area contributed by atoms with Crippen LogP contribution < -0.4 is 5.32 Å². The molecule has 1 N–H and O–H groups in total. The normalized spacial score (nSPS) is 14.0. The van der Waals surface area contributed by atoms with Crippen LogP contribution in [0.5, 0.6) is 0 Å². The highest BCUT2D eigenvalue weighted by atomic mass is 79.9. The molecule has 0 amide bonds. The van der Waals surface area contributed by atoms with Gasteiger partial charge in [0.25, 0.3) is 0 Å². The zero-order chi connectivity index (χ0) is 14.5. The third kappa shape index (κ3) is 4.19. The number of halogens is 1. The standard InChI is InChI=1S/C18H22BrN/c1-13-6-4-5-7-18(13)15(3)20-14(2)12-16-8-10-17(19)11-9-16/h4-11,14-15,20H,12H2,1-3H3/t14?,15-/m0/s1. The van der Waals surface area contributed by atoms with Crippen molar-refractivity contribution >= 4 is 15.9 Å². The highest BCUT2D eigenvalue weighted by Gasteiger charge is 2.11. The Balaban J connectivity index is 1.96. The molecule has 0 bridgehead atoms. The van der Waals surface area contributed by atoms with Gasteiger partial charge in [0, 0.05) is 16.6 Å². The summed E-state index contributed by atoms with van der Waals surface area (Å²) in [5, 5.41) is 3.69. The minimum atomic E-state index is 0.377. The van der Waals surface area contributed by atoms with Gasteiger partial charge in [0.2, 0.25) is 0 Å². The lowest BCUT2D eigenvalue weighted by Gasteiger charge is -2.22. The molecule has 1 nitrogen and oxygen atoms in total. The van der Waals surface area contributed by atoms with Gasteiger partial charge in [-0.05, 0) is 56.0 Å². The second kappa shape index (κ2) is 7.05. The summed E-state index contributed by atoms with van der Waals surface area (Å²) in [5.74, 6) is 0. The van der Waals surface area contributed by atoms with E-state index < -0.39 is 0 Å². The Hall–Kier alpha value is -1.12. The summed E-state index contributed by atoms with van der Waals surface area (Å²) in [7, 11) is 0. The molecule has 0 fully saturated rings. The van der Waals surface area contributed by atoms with Gasteiger partial charge in [-0.25, -0.2) is 0 Å². The maximum Gasteiger partial charge on any atom is 0.0296 e. The molecule has 0 radical (unpaired) electrons. The van der Waals surface area contributed by atoms with Crippen molar-refractivity contribution in [2.75, 3.05) is 0 Å². The van der Waals surface area contributed by atoms with Crippen LogP contribution in [0.2, 0.25) is 0 Å². The molecule has 0 heterocycles. The Morgan fingerprint density at radius 3 is 2.30 bits per heavy atom. The number of benzene rings is 2. The summed E-state index contributed by atoms with van der Waals surface area (Å²) < 4.78 is 1.13. The van der Waals surface area contributed by atoms with E-state index in [0.29, 0.717) is 12.1 Å². The largest absolute Gasteiger partial charge is 0.307 e. The minimum Gasteiger partial charge on any atom is -0.307 e. The monoisotopic (exact) mass is 331 g/mol. The van der Waals surface area contributed by atoms with Gasteiger partial charge in [-0.1, -0.05) is 52.3 Å². The van der Waals surface area contributed by atoms with Crippen LogP contribution in [-0.4, -0.2) is 6.04 Å². The van der Waals surface area contributed by atoms with Crippen LogP contribution in [-0.2, 0) is 6.42 Å². The van der Waals surface area contributed by atoms with Crippen LogP contribution >= 0.6 is 15.9 Å². The van der Waals surface area contributed by atoms with E-state index in [0.717, 1.165) is 10.9 Å². The fraction of sp³-hybridized carbons (Fsp3) is 0.333. The van der Waals surface area contributed by atoms with Crippen LogP contribution in [0.3, 0.4) is 0 Å². The topological polar surface area (TPSA) is 12.0 Å². The summed E-state index contributed by atoms with van der Waals surface area (Å²) in [5.41, 5.74) is 4.10. The molecule has 2 aromatic carbocycles. The van der Waals surface area contributed by atoms with Gasteiger partial charge >= 0.3 is 0 Å². The van der Waals surface area contributed by atoms with Gasteiger partial charge in [-0.3, -0.25) is 0 Å². The van der Waals surface area contributed by atoms with Crippen molar-refractivity contribution in [3.63, 3.8) is 0 Å². The van der Waals surface area contributed by atoms with Crippen molar-refractivity contribution in [1.82, 2.24) is 5.32 Å². The fourth-order valence-corrected chi connectivity index (χ4v) is 2.89. The fourth-order valence-electron chi connectivity index (χ4n) is 2.62. The van der Waals surface area contributed by atoms with E-state index in [9.17, 15) is 0 Å². The van der Waals surface area contributed by atoms with Crippen LogP contribution in [0.4, 0.5) is 0 Å². The molecule has 106 valence electrons. The zero-order valence-corrected chi connectivity index (χ0v) is 13.9. The molecule has 0 aliphatic heterocycles. The highest BCUT2D eigenvalue weighted by Crippen LogP contribution is 2.18. The molecule has 0 saturated carbocycles. The predicted octanol–water partition coefficient (Wildman–Crippen LogP) is 5.04. The predicted molar refractivity (Wildman–Crippen MR) is 90.0 cm³/mol. The first kappa shape index (κ1) is 15.3. The summed E-state index contributed by atoms with van der Waals surface area (Å²) in [6, 6.07) is 18.0. The average molecular weight is 332 g/mol. The number of hydrogen-bond donors (Lipinski definition) is 1. The highest BCUT2D eigenvalue weighted by molar-refractivity contribution is 9.10. The van der Waals surface area contributed by atoms with E-state index >= 15 is 0 Å². The number of nitrogens with one attached hydrogen (secondary N) is 1.